The number of sulfonamides is 1. The molecule has 2 N–H and O–H groups in total. The van der Waals surface area contributed by atoms with Gasteiger partial charge in [-0.05, 0) is 68.3 Å². The van der Waals surface area contributed by atoms with Crippen LogP contribution in [0.4, 0.5) is 17.1 Å². The summed E-state index contributed by atoms with van der Waals surface area (Å²) >= 11 is 0. The summed E-state index contributed by atoms with van der Waals surface area (Å²) in [6, 6.07) is 18.7. The van der Waals surface area contributed by atoms with Crippen LogP contribution < -0.4 is 14.9 Å². The Balaban J connectivity index is 1.95. The van der Waals surface area contributed by atoms with Gasteiger partial charge in [0.25, 0.3) is 10.0 Å². The minimum absolute atomic E-state index is 0.106. The molecule has 0 fully saturated rings. The zero-order chi connectivity index (χ0) is 24.2. The molecule has 3 aromatic rings. The Morgan fingerprint density at radius 1 is 0.818 bits per heavy atom. The summed E-state index contributed by atoms with van der Waals surface area (Å²) in [5.74, 6) is -0.740. The van der Waals surface area contributed by atoms with Gasteiger partial charge in [0.05, 0.1) is 10.6 Å². The van der Waals surface area contributed by atoms with Crippen LogP contribution in [0.25, 0.3) is 0 Å². The number of anilines is 3. The van der Waals surface area contributed by atoms with Crippen LogP contribution >= 0.6 is 0 Å². The van der Waals surface area contributed by atoms with Gasteiger partial charge in [-0.2, -0.15) is 0 Å². The van der Waals surface area contributed by atoms with Crippen molar-refractivity contribution in [3.05, 3.63) is 83.4 Å². The molecular weight excluding hydrogens is 438 g/mol. The molecule has 3 aromatic carbocycles. The van der Waals surface area contributed by atoms with Crippen molar-refractivity contribution in [2.45, 2.75) is 32.6 Å². The predicted octanol–water partition coefficient (Wildman–Crippen LogP) is 4.40. The zero-order valence-electron chi connectivity index (χ0n) is 19.0. The molecule has 0 aliphatic carbocycles. The molecule has 0 aliphatic heterocycles. The van der Waals surface area contributed by atoms with E-state index in [4.69, 9.17) is 0 Å². The number of amides is 2. The van der Waals surface area contributed by atoms with Crippen molar-refractivity contribution in [1.29, 1.82) is 0 Å². The van der Waals surface area contributed by atoms with Crippen LogP contribution in [-0.2, 0) is 19.6 Å². The van der Waals surface area contributed by atoms with Gasteiger partial charge in [0.2, 0.25) is 11.8 Å². The van der Waals surface area contributed by atoms with Crippen molar-refractivity contribution in [2.24, 2.45) is 0 Å². The van der Waals surface area contributed by atoms with Crippen LogP contribution in [0.15, 0.2) is 71.6 Å². The molecule has 0 bridgehead atoms. The van der Waals surface area contributed by atoms with Crippen molar-refractivity contribution in [3.8, 4) is 0 Å². The molecule has 172 valence electrons. The topological polar surface area (TPSA) is 95.6 Å². The summed E-state index contributed by atoms with van der Waals surface area (Å²) in [5, 5.41) is 5.38. The van der Waals surface area contributed by atoms with Crippen molar-refractivity contribution < 1.29 is 18.0 Å². The third kappa shape index (κ3) is 5.98. The molecule has 3 rings (SSSR count). The molecule has 33 heavy (non-hydrogen) atoms. The minimum atomic E-state index is -4.01. The molecule has 0 unspecified atom stereocenters. The van der Waals surface area contributed by atoms with E-state index in [0.717, 1.165) is 21.0 Å². The number of carbonyl (C=O) groups excluding carboxylic acids is 2. The molecule has 0 atom stereocenters. The van der Waals surface area contributed by atoms with Crippen molar-refractivity contribution >= 4 is 38.9 Å². The number of aryl methyl sites for hydroxylation is 3. The van der Waals surface area contributed by atoms with E-state index in [0.29, 0.717) is 17.1 Å². The van der Waals surface area contributed by atoms with E-state index in [1.165, 1.54) is 19.1 Å². The summed E-state index contributed by atoms with van der Waals surface area (Å²) < 4.78 is 28.3. The van der Waals surface area contributed by atoms with Crippen LogP contribution in [-0.4, -0.2) is 26.8 Å². The van der Waals surface area contributed by atoms with Gasteiger partial charge in [0.1, 0.15) is 6.54 Å². The lowest BCUT2D eigenvalue weighted by Gasteiger charge is -2.26. The maximum absolute atomic E-state index is 13.6. The summed E-state index contributed by atoms with van der Waals surface area (Å²) in [5.41, 5.74) is 3.96. The molecule has 0 saturated heterocycles. The highest BCUT2D eigenvalue weighted by molar-refractivity contribution is 7.92. The Hall–Kier alpha value is -3.65. The van der Waals surface area contributed by atoms with E-state index in [1.54, 1.807) is 49.4 Å². The summed E-state index contributed by atoms with van der Waals surface area (Å²) in [6.45, 7) is 6.53. The van der Waals surface area contributed by atoms with Gasteiger partial charge in [-0.1, -0.05) is 35.9 Å². The quantitative estimate of drug-likeness (QED) is 0.540. The molecule has 0 radical (unpaired) electrons. The van der Waals surface area contributed by atoms with E-state index in [-0.39, 0.29) is 10.8 Å². The molecule has 0 aromatic heterocycles. The third-order valence-electron chi connectivity index (χ3n) is 5.00. The molecular formula is C25H27N3O4S. The van der Waals surface area contributed by atoms with Crippen LogP contribution in [0.5, 0.6) is 0 Å². The molecule has 8 heteroatoms. The first-order valence-corrected chi connectivity index (χ1v) is 11.8. The average Bonchev–Trinajstić information content (AvgIpc) is 2.74. The van der Waals surface area contributed by atoms with Gasteiger partial charge in [-0.3, -0.25) is 13.9 Å². The van der Waals surface area contributed by atoms with E-state index in [9.17, 15) is 18.0 Å². The number of benzene rings is 3. The van der Waals surface area contributed by atoms with Crippen molar-refractivity contribution in [1.82, 2.24) is 0 Å². The molecule has 0 spiro atoms. The fourth-order valence-electron chi connectivity index (χ4n) is 3.33. The Kier molecular flexibility index (Phi) is 7.18. The van der Waals surface area contributed by atoms with Crippen LogP contribution in [0.2, 0.25) is 0 Å². The van der Waals surface area contributed by atoms with Crippen LogP contribution in [0, 0.1) is 20.8 Å². The predicted molar refractivity (Wildman–Crippen MR) is 131 cm³/mol. The van der Waals surface area contributed by atoms with Gasteiger partial charge in [0.15, 0.2) is 0 Å². The Labute approximate surface area is 194 Å². The SMILES string of the molecule is CC(=O)Nc1cccc(NC(=O)CN(c2cc(C)ccc2C)S(=O)(=O)c2ccc(C)cc2)c1. The van der Waals surface area contributed by atoms with Gasteiger partial charge < -0.3 is 10.6 Å². The highest BCUT2D eigenvalue weighted by atomic mass is 32.2. The summed E-state index contributed by atoms with van der Waals surface area (Å²) in [7, 11) is -4.01. The fourth-order valence-corrected chi connectivity index (χ4v) is 4.81. The average molecular weight is 466 g/mol. The lowest BCUT2D eigenvalue weighted by atomic mass is 10.1. The second-order valence-corrected chi connectivity index (χ2v) is 9.79. The first-order valence-electron chi connectivity index (χ1n) is 10.4. The Morgan fingerprint density at radius 2 is 1.42 bits per heavy atom. The molecule has 0 aliphatic rings. The number of hydrogen-bond acceptors (Lipinski definition) is 4. The fraction of sp³-hybridized carbons (Fsp3) is 0.200. The first kappa shape index (κ1) is 24.0. The van der Waals surface area contributed by atoms with E-state index in [1.807, 2.05) is 26.0 Å². The maximum atomic E-state index is 13.6. The molecule has 0 saturated carbocycles. The second-order valence-electron chi connectivity index (χ2n) is 7.92. The van der Waals surface area contributed by atoms with Gasteiger partial charge in [-0.25, -0.2) is 8.42 Å². The highest BCUT2D eigenvalue weighted by Gasteiger charge is 2.28. The van der Waals surface area contributed by atoms with Crippen LogP contribution in [0.1, 0.15) is 23.6 Å². The van der Waals surface area contributed by atoms with Crippen molar-refractivity contribution in [2.75, 3.05) is 21.5 Å². The molecule has 0 heterocycles. The number of rotatable bonds is 7. The Bertz CT molecular complexity index is 1290. The molecule has 2 amide bonds. The summed E-state index contributed by atoms with van der Waals surface area (Å²) in [6.07, 6.45) is 0. The monoisotopic (exact) mass is 465 g/mol. The van der Waals surface area contributed by atoms with Crippen molar-refractivity contribution in [3.63, 3.8) is 0 Å². The van der Waals surface area contributed by atoms with Gasteiger partial charge in [-0.15, -0.1) is 0 Å². The van der Waals surface area contributed by atoms with Crippen LogP contribution in [0.3, 0.4) is 0 Å². The van der Waals surface area contributed by atoms with Gasteiger partial charge in [0, 0.05) is 18.3 Å². The highest BCUT2D eigenvalue weighted by Crippen LogP contribution is 2.28. The standard InChI is InChI=1S/C25H27N3O4S/c1-17-9-12-23(13-10-17)33(31,32)28(24-14-18(2)8-11-19(24)3)16-25(30)27-22-7-5-6-21(15-22)26-20(4)29/h5-15H,16H2,1-4H3,(H,26,29)(H,27,30). The lowest BCUT2D eigenvalue weighted by Crippen LogP contribution is -2.38. The normalized spacial score (nSPS) is 11.0. The number of carbonyl (C=O) groups is 2. The van der Waals surface area contributed by atoms with E-state index < -0.39 is 22.5 Å². The summed E-state index contributed by atoms with van der Waals surface area (Å²) in [4.78, 5) is 24.4. The third-order valence-corrected chi connectivity index (χ3v) is 6.77. The lowest BCUT2D eigenvalue weighted by molar-refractivity contribution is -0.115. The smallest absolute Gasteiger partial charge is 0.264 e. The number of nitrogens with one attached hydrogen (secondary N) is 2. The van der Waals surface area contributed by atoms with E-state index >= 15 is 0 Å². The Morgan fingerprint density at radius 3 is 2.06 bits per heavy atom. The minimum Gasteiger partial charge on any atom is -0.326 e. The number of hydrogen-bond donors (Lipinski definition) is 2. The number of nitrogens with zero attached hydrogens (tertiary/aromatic N) is 1. The zero-order valence-corrected chi connectivity index (χ0v) is 19.9. The maximum Gasteiger partial charge on any atom is 0.264 e. The second kappa shape index (κ2) is 9.87. The first-order chi connectivity index (χ1) is 15.6. The largest absolute Gasteiger partial charge is 0.326 e. The van der Waals surface area contributed by atoms with Gasteiger partial charge >= 0.3 is 0 Å². The van der Waals surface area contributed by atoms with E-state index in [2.05, 4.69) is 10.6 Å². The molecule has 7 nitrogen and oxygen atoms in total.